The zero-order valence-electron chi connectivity index (χ0n) is 90.3. The third-order valence-electron chi connectivity index (χ3n) is 20.4. The minimum Gasteiger partial charge on any atom is -0.344 e. The summed E-state index contributed by atoms with van der Waals surface area (Å²) in [4.78, 5) is 0. The van der Waals surface area contributed by atoms with E-state index < -0.39 is 0 Å². The van der Waals surface area contributed by atoms with Crippen molar-refractivity contribution in [1.82, 2.24) is 4.57 Å². The molecule has 0 unspecified atom stereocenters. The molecule has 706 valence electrons. The number of hydrogen-bond donors (Lipinski definition) is 0. The molecule has 1 aromatic heterocycles. The van der Waals surface area contributed by atoms with Crippen molar-refractivity contribution in [1.29, 1.82) is 0 Å². The van der Waals surface area contributed by atoms with Crippen LogP contribution in [0.5, 0.6) is 0 Å². The van der Waals surface area contributed by atoms with Gasteiger partial charge < -0.3 is 4.57 Å². The molecule has 0 saturated heterocycles. The van der Waals surface area contributed by atoms with Crippen LogP contribution in [0, 0.1) is 72.7 Å². The minimum atomic E-state index is 0. The van der Waals surface area contributed by atoms with Gasteiger partial charge in [0, 0.05) is 160 Å². The molecule has 0 aliphatic heterocycles. The largest absolute Gasteiger partial charge is 0.344 e. The van der Waals surface area contributed by atoms with E-state index >= 15 is 0 Å². The molecular weight excluding hydrogens is 1930 g/mol. The standard InChI is InChI=1S/2C17H12.C15H14.C14H12.C13H11N.2C13H10.14C2H6.4Y/c1-11-10-14-6-2-4-12-8-9-13-5-3-7-15(11)17(13)16(12)14;1-11-5-6-14-8-7-12-3-2-4-13-9-10-15(11)17(14)16(12)13;1-10-3-5-14-12(7-10)9-13-8-11(2)4-6-15(13)14;1-10-6-7-12-9-11-4-2-3-5-13(11)14(12)8-10;1-14-12-8-4-2-6-10(12)11-7-3-5-9-13(11)14;1-11-7-5-6-10-13(11)12-8-3-2-4-9-12;1-11-6-5-9-13(10-11)12-7-3-2-4-8-12;14*1-2;;;;/h2*2-10H,1H3;3-8H,9H2,1-2H3;2-8H,9H2,1H3;2-9H,1H3;2-8H,1H3;2-7,10H,1H3;14*1-2H3;;;;/q;;;;;2*-2;;;;;;;;;;;;;;;;;;. The van der Waals surface area contributed by atoms with Crippen LogP contribution in [-0.4, -0.2) is 4.57 Å². The van der Waals surface area contributed by atoms with Crippen LogP contribution in [0.2, 0.25) is 0 Å². The van der Waals surface area contributed by atoms with Gasteiger partial charge in [-0.1, -0.05) is 449 Å². The SMILES string of the molecule is CC.CC.CC.CC.CC.CC.CC.CC.CC.CC.CC.CC.CC.CC.Cc1cc2cccc3ccc4cccc1c4c32.Cc1cc[c-]c(-c2[c-]cccc2)c1.Cc1ccc2c(c1)-c1ccccc1C2.Cc1ccc2c(c1)Cc1cc(C)ccc1-2.Cc1ccc2ccc3cccc4ccc1c2c34.Cc1ccc[c-]c1-c1[c-]cccc1.Cn1c2ccccc2c2ccccc21.[Y].[Y].[Y].[Y]. The zero-order valence-corrected chi connectivity index (χ0v) is 102. The fourth-order valence-corrected chi connectivity index (χ4v) is 15.3. The Hall–Kier alpha value is -7.74. The van der Waals surface area contributed by atoms with E-state index in [0.29, 0.717) is 0 Å². The molecule has 21 rings (SSSR count). The number of hydrogen-bond acceptors (Lipinski definition) is 0. The number of para-hydroxylation sites is 2. The van der Waals surface area contributed by atoms with Gasteiger partial charge in [0.2, 0.25) is 0 Å². The molecule has 0 spiro atoms. The first-order valence-corrected chi connectivity index (χ1v) is 49.8. The molecule has 0 fully saturated rings. The summed E-state index contributed by atoms with van der Waals surface area (Å²) < 4.78 is 2.24. The van der Waals surface area contributed by atoms with E-state index in [0.717, 1.165) is 35.1 Å². The van der Waals surface area contributed by atoms with Crippen LogP contribution in [0.25, 0.3) is 131 Å². The summed E-state index contributed by atoms with van der Waals surface area (Å²) in [6, 6.07) is 127. The van der Waals surface area contributed by atoms with Gasteiger partial charge in [-0.15, -0.1) is 29.8 Å². The molecule has 0 N–H and O–H groups in total. The molecule has 0 atom stereocenters. The summed E-state index contributed by atoms with van der Waals surface area (Å²) in [7, 11) is 2.12. The second-order valence-corrected chi connectivity index (χ2v) is 27.6. The van der Waals surface area contributed by atoms with E-state index in [9.17, 15) is 0 Å². The van der Waals surface area contributed by atoms with Gasteiger partial charge in [0.25, 0.3) is 0 Å². The third kappa shape index (κ3) is 37.7. The summed E-state index contributed by atoms with van der Waals surface area (Å²) in [6.45, 7) is 71.0. The molecule has 0 bridgehead atoms. The van der Waals surface area contributed by atoms with Crippen molar-refractivity contribution in [3.63, 3.8) is 0 Å². The van der Waals surface area contributed by atoms with Gasteiger partial charge >= 0.3 is 0 Å². The van der Waals surface area contributed by atoms with Gasteiger partial charge in [-0.05, 0) is 180 Å². The minimum absolute atomic E-state index is 0. The van der Waals surface area contributed by atoms with Gasteiger partial charge in [0.15, 0.2) is 0 Å². The van der Waals surface area contributed by atoms with Crippen LogP contribution in [0.3, 0.4) is 0 Å². The van der Waals surface area contributed by atoms with E-state index in [1.807, 2.05) is 261 Å². The Kier molecular flexibility index (Phi) is 77.2. The summed E-state index contributed by atoms with van der Waals surface area (Å²) in [5.74, 6) is 0. The molecule has 1 nitrogen and oxygen atoms in total. The van der Waals surface area contributed by atoms with Crippen molar-refractivity contribution in [2.45, 2.75) is 255 Å². The van der Waals surface area contributed by atoms with Crippen LogP contribution in [0.4, 0.5) is 0 Å². The van der Waals surface area contributed by atoms with Gasteiger partial charge in [-0.3, -0.25) is 0 Å². The molecule has 5 heteroatoms. The summed E-state index contributed by atoms with van der Waals surface area (Å²) in [5, 5.41) is 19.1. The first-order valence-electron chi connectivity index (χ1n) is 49.8. The van der Waals surface area contributed by atoms with E-state index in [2.05, 4.69) is 339 Å². The molecule has 18 aromatic carbocycles. The fraction of sp³-hybridized carbons (Fsp3) is 0.292. The molecule has 0 saturated carbocycles. The van der Waals surface area contributed by atoms with Gasteiger partial charge in [0.05, 0.1) is 0 Å². The monoisotopic (exact) mass is 2100 g/mol. The van der Waals surface area contributed by atoms with Crippen LogP contribution < -0.4 is 0 Å². The number of aromatic nitrogens is 1. The van der Waals surface area contributed by atoms with Crippen molar-refractivity contribution in [3.8, 4) is 44.5 Å². The first-order chi connectivity index (χ1) is 64.4. The zero-order chi connectivity index (χ0) is 98.5. The van der Waals surface area contributed by atoms with Crippen LogP contribution in [0.1, 0.15) is 255 Å². The number of rotatable bonds is 2. The number of aryl methyl sites for hydroxylation is 8. The second kappa shape index (κ2) is 78.1. The molecule has 4 radical (unpaired) electrons. The topological polar surface area (TPSA) is 4.93 Å². The van der Waals surface area contributed by atoms with Crippen molar-refractivity contribution < 1.29 is 131 Å². The van der Waals surface area contributed by atoms with Crippen molar-refractivity contribution >= 4 is 86.4 Å². The number of fused-ring (bicyclic) bond motifs is 9. The Bertz CT molecular complexity index is 6060. The normalized spacial score (nSPS) is 9.33. The quantitative estimate of drug-likeness (QED) is 0.120. The number of nitrogens with zero attached hydrogens (tertiary/aromatic N) is 1. The molecule has 2 aliphatic rings. The van der Waals surface area contributed by atoms with Crippen molar-refractivity contribution in [2.24, 2.45) is 7.05 Å². The predicted octanol–water partition coefficient (Wildman–Crippen LogP) is 41.4. The molecule has 1 heterocycles. The maximum atomic E-state index is 3.22. The average Bonchev–Trinajstić information content (AvgIpc) is 1.75. The molecule has 0 amide bonds. The smallest absolute Gasteiger partial charge is 0.0488 e. The third-order valence-corrected chi connectivity index (χ3v) is 20.4. The van der Waals surface area contributed by atoms with Gasteiger partial charge in [-0.2, -0.15) is 90.5 Å². The van der Waals surface area contributed by atoms with Crippen LogP contribution in [0.15, 0.2) is 322 Å². The maximum absolute atomic E-state index is 3.22. The Balaban J connectivity index is -0.000000707. The Morgan fingerprint density at radius 2 is 0.548 bits per heavy atom. The Labute approximate surface area is 924 Å². The number of benzene rings is 18. The second-order valence-electron chi connectivity index (χ2n) is 27.6. The van der Waals surface area contributed by atoms with Crippen LogP contribution >= 0.6 is 0 Å². The summed E-state index contributed by atoms with van der Waals surface area (Å²) >= 11 is 0. The first kappa shape index (κ1) is 134. The summed E-state index contributed by atoms with van der Waals surface area (Å²) in [6.07, 6.45) is 2.21. The van der Waals surface area contributed by atoms with Crippen molar-refractivity contribution in [3.05, 3.63) is 407 Å². The van der Waals surface area contributed by atoms with E-state index in [1.165, 1.54) is 170 Å². The fourth-order valence-electron chi connectivity index (χ4n) is 15.3. The van der Waals surface area contributed by atoms with Crippen LogP contribution in [-0.2, 0) is 151 Å². The molecule has 19 aromatic rings. The van der Waals surface area contributed by atoms with E-state index in [4.69, 9.17) is 0 Å². The van der Waals surface area contributed by atoms with E-state index in [1.54, 1.807) is 0 Å². The van der Waals surface area contributed by atoms with Gasteiger partial charge in [0.1, 0.15) is 0 Å². The Morgan fingerprint density at radius 3 is 1.03 bits per heavy atom. The predicted molar refractivity (Wildman–Crippen MR) is 601 cm³/mol. The van der Waals surface area contributed by atoms with Crippen molar-refractivity contribution in [2.75, 3.05) is 0 Å². The van der Waals surface area contributed by atoms with E-state index in [-0.39, 0.29) is 131 Å². The maximum Gasteiger partial charge on any atom is 0.0488 e. The van der Waals surface area contributed by atoms with Gasteiger partial charge in [-0.25, -0.2) is 22.3 Å². The average molecular weight is 2100 g/mol. The molecule has 135 heavy (non-hydrogen) atoms. The summed E-state index contributed by atoms with van der Waals surface area (Å²) in [5.41, 5.74) is 28.0. The Morgan fingerprint density at radius 1 is 0.200 bits per heavy atom. The molecule has 2 aliphatic carbocycles. The molecular formula is C130H165NY4-4.